The number of nitrogens with one attached hydrogen (secondary N) is 2. The van der Waals surface area contributed by atoms with E-state index in [1.54, 1.807) is 25.2 Å². The van der Waals surface area contributed by atoms with Gasteiger partial charge in [0.2, 0.25) is 5.95 Å². The first-order valence-electron chi connectivity index (χ1n) is 10.1. The van der Waals surface area contributed by atoms with Crippen LogP contribution in [0.25, 0.3) is 0 Å². The summed E-state index contributed by atoms with van der Waals surface area (Å²) in [5.41, 5.74) is 1.42. The lowest BCUT2D eigenvalue weighted by Gasteiger charge is -2.16. The van der Waals surface area contributed by atoms with Crippen molar-refractivity contribution in [3.63, 3.8) is 0 Å². The van der Waals surface area contributed by atoms with Crippen LogP contribution in [0.1, 0.15) is 40.3 Å². The summed E-state index contributed by atoms with van der Waals surface area (Å²) in [6.07, 6.45) is -3.57. The van der Waals surface area contributed by atoms with Crippen LogP contribution in [-0.4, -0.2) is 24.1 Å². The zero-order chi connectivity index (χ0) is 23.8. The molecule has 0 bridgehead atoms. The molecule has 0 saturated carbocycles. The van der Waals surface area contributed by atoms with Gasteiger partial charge in [0, 0.05) is 30.3 Å². The highest BCUT2D eigenvalue weighted by Crippen LogP contribution is 2.42. The summed E-state index contributed by atoms with van der Waals surface area (Å²) in [5, 5.41) is 15.2. The number of hydrogen-bond donors (Lipinski definition) is 2. The molecule has 1 unspecified atom stereocenters. The SMILES string of the molecule is CNc1nc(Nc2ccc(C#N)c(OC)c2)nc2c1CCC2c1ccc(C(F)(F)F)cc1F. The first kappa shape index (κ1) is 22.3. The van der Waals surface area contributed by atoms with Crippen LogP contribution < -0.4 is 15.4 Å². The highest BCUT2D eigenvalue weighted by Gasteiger charge is 2.34. The summed E-state index contributed by atoms with van der Waals surface area (Å²) < 4.78 is 58.8. The molecule has 170 valence electrons. The average molecular weight is 457 g/mol. The van der Waals surface area contributed by atoms with E-state index in [1.807, 2.05) is 6.07 Å². The first-order chi connectivity index (χ1) is 15.7. The molecule has 0 amide bonds. The van der Waals surface area contributed by atoms with Crippen molar-refractivity contribution in [3.8, 4) is 11.8 Å². The maximum atomic E-state index is 14.7. The van der Waals surface area contributed by atoms with Crippen molar-refractivity contribution in [2.75, 3.05) is 24.8 Å². The van der Waals surface area contributed by atoms with Crippen LogP contribution >= 0.6 is 0 Å². The molecule has 1 atom stereocenters. The van der Waals surface area contributed by atoms with Crippen molar-refractivity contribution in [3.05, 3.63) is 70.2 Å². The fourth-order valence-corrected chi connectivity index (χ4v) is 4.00. The average Bonchev–Trinajstić information content (AvgIpc) is 3.21. The molecule has 0 saturated heterocycles. The Hall–Kier alpha value is -3.87. The molecule has 6 nitrogen and oxygen atoms in total. The van der Waals surface area contributed by atoms with E-state index in [2.05, 4.69) is 20.6 Å². The van der Waals surface area contributed by atoms with Gasteiger partial charge in [-0.25, -0.2) is 9.37 Å². The number of anilines is 3. The van der Waals surface area contributed by atoms with Crippen molar-refractivity contribution in [1.29, 1.82) is 5.26 Å². The first-order valence-corrected chi connectivity index (χ1v) is 10.1. The van der Waals surface area contributed by atoms with E-state index < -0.39 is 23.5 Å². The van der Waals surface area contributed by atoms with Crippen molar-refractivity contribution in [2.45, 2.75) is 24.9 Å². The van der Waals surface area contributed by atoms with Crippen molar-refractivity contribution >= 4 is 17.5 Å². The Balaban J connectivity index is 1.71. The van der Waals surface area contributed by atoms with Crippen LogP contribution in [0, 0.1) is 17.1 Å². The Morgan fingerprint density at radius 3 is 2.58 bits per heavy atom. The van der Waals surface area contributed by atoms with Crippen molar-refractivity contribution < 1.29 is 22.3 Å². The van der Waals surface area contributed by atoms with Gasteiger partial charge in [-0.2, -0.15) is 23.4 Å². The van der Waals surface area contributed by atoms with Gasteiger partial charge in [0.25, 0.3) is 0 Å². The van der Waals surface area contributed by atoms with Gasteiger partial charge >= 0.3 is 6.18 Å². The van der Waals surface area contributed by atoms with Gasteiger partial charge in [-0.3, -0.25) is 0 Å². The number of nitrogens with zero attached hydrogens (tertiary/aromatic N) is 3. The Kier molecular flexibility index (Phi) is 5.80. The zero-order valence-corrected chi connectivity index (χ0v) is 17.7. The zero-order valence-electron chi connectivity index (χ0n) is 17.7. The Bertz CT molecular complexity index is 1250. The summed E-state index contributed by atoms with van der Waals surface area (Å²) in [7, 11) is 3.15. The maximum Gasteiger partial charge on any atom is 0.416 e. The van der Waals surface area contributed by atoms with Crippen LogP contribution in [-0.2, 0) is 12.6 Å². The van der Waals surface area contributed by atoms with E-state index in [9.17, 15) is 17.6 Å². The number of methoxy groups -OCH3 is 1. The molecule has 1 heterocycles. The number of ether oxygens (including phenoxy) is 1. The third-order valence-corrected chi connectivity index (χ3v) is 5.57. The third kappa shape index (κ3) is 4.26. The second kappa shape index (κ2) is 8.58. The summed E-state index contributed by atoms with van der Waals surface area (Å²) in [4.78, 5) is 9.04. The number of aromatic nitrogens is 2. The maximum absolute atomic E-state index is 14.7. The van der Waals surface area contributed by atoms with Crippen LogP contribution in [0.5, 0.6) is 5.75 Å². The topological polar surface area (TPSA) is 82.9 Å². The minimum Gasteiger partial charge on any atom is -0.495 e. The molecule has 0 radical (unpaired) electrons. The molecule has 33 heavy (non-hydrogen) atoms. The second-order valence-corrected chi connectivity index (χ2v) is 7.49. The molecule has 2 N–H and O–H groups in total. The summed E-state index contributed by atoms with van der Waals surface area (Å²) in [6, 6.07) is 9.51. The number of nitriles is 1. The monoisotopic (exact) mass is 457 g/mol. The van der Waals surface area contributed by atoms with Gasteiger partial charge < -0.3 is 15.4 Å². The summed E-state index contributed by atoms with van der Waals surface area (Å²) in [5.74, 6) is -0.267. The number of alkyl halides is 3. The second-order valence-electron chi connectivity index (χ2n) is 7.49. The Labute approximate surface area is 187 Å². The van der Waals surface area contributed by atoms with Gasteiger partial charge in [0.05, 0.1) is 23.9 Å². The van der Waals surface area contributed by atoms with Gasteiger partial charge in [-0.15, -0.1) is 0 Å². The predicted molar refractivity (Wildman–Crippen MR) is 114 cm³/mol. The largest absolute Gasteiger partial charge is 0.495 e. The van der Waals surface area contributed by atoms with Crippen molar-refractivity contribution in [2.24, 2.45) is 0 Å². The molecule has 0 aliphatic heterocycles. The highest BCUT2D eigenvalue weighted by molar-refractivity contribution is 5.63. The predicted octanol–water partition coefficient (Wildman–Crippen LogP) is 5.38. The number of halogens is 4. The molecule has 0 spiro atoms. The quantitative estimate of drug-likeness (QED) is 0.501. The van der Waals surface area contributed by atoms with E-state index in [0.717, 1.165) is 11.6 Å². The summed E-state index contributed by atoms with van der Waals surface area (Å²) in [6.45, 7) is 0. The number of hydrogen-bond acceptors (Lipinski definition) is 6. The van der Waals surface area contributed by atoms with Crippen LogP contribution in [0.2, 0.25) is 0 Å². The Morgan fingerprint density at radius 2 is 1.94 bits per heavy atom. The van der Waals surface area contributed by atoms with Crippen LogP contribution in [0.15, 0.2) is 36.4 Å². The van der Waals surface area contributed by atoms with E-state index >= 15 is 0 Å². The van der Waals surface area contributed by atoms with Crippen LogP contribution in [0.3, 0.4) is 0 Å². The molecule has 3 aromatic rings. The molecule has 10 heteroatoms. The Morgan fingerprint density at radius 1 is 1.15 bits per heavy atom. The fraction of sp³-hybridized carbons (Fsp3) is 0.261. The molecular formula is C23H19F4N5O. The molecule has 1 aliphatic rings. The standard InChI is InChI=1S/C23H19F4N5O/c1-29-21-17-8-7-16(15-6-4-13(9-18(15)24)23(25,26)27)20(17)31-22(32-21)30-14-5-3-12(11-28)19(10-14)33-2/h3-6,9-10,16H,7-8H2,1-2H3,(H2,29,30,31,32). The lowest BCUT2D eigenvalue weighted by Crippen LogP contribution is -2.10. The number of benzene rings is 2. The van der Waals surface area contributed by atoms with E-state index in [-0.39, 0.29) is 11.5 Å². The van der Waals surface area contributed by atoms with E-state index in [4.69, 9.17) is 10.00 Å². The van der Waals surface area contributed by atoms with E-state index in [0.29, 0.717) is 47.4 Å². The highest BCUT2D eigenvalue weighted by atomic mass is 19.4. The smallest absolute Gasteiger partial charge is 0.416 e. The summed E-state index contributed by atoms with van der Waals surface area (Å²) >= 11 is 0. The van der Waals surface area contributed by atoms with E-state index in [1.165, 1.54) is 13.2 Å². The van der Waals surface area contributed by atoms with Crippen molar-refractivity contribution in [1.82, 2.24) is 9.97 Å². The lowest BCUT2D eigenvalue weighted by atomic mass is 9.95. The molecule has 2 aromatic carbocycles. The molecular weight excluding hydrogens is 438 g/mol. The van der Waals surface area contributed by atoms with Gasteiger partial charge in [-0.05, 0) is 42.7 Å². The van der Waals surface area contributed by atoms with Gasteiger partial charge in [0.1, 0.15) is 23.5 Å². The number of fused-ring (bicyclic) bond motifs is 1. The normalized spacial score (nSPS) is 15.0. The van der Waals surface area contributed by atoms with Gasteiger partial charge in [-0.1, -0.05) is 6.07 Å². The minimum absolute atomic E-state index is 0.161. The molecule has 0 fully saturated rings. The minimum atomic E-state index is -4.62. The van der Waals surface area contributed by atoms with Gasteiger partial charge in [0.15, 0.2) is 0 Å². The lowest BCUT2D eigenvalue weighted by molar-refractivity contribution is -0.137. The fourth-order valence-electron chi connectivity index (χ4n) is 4.00. The third-order valence-electron chi connectivity index (χ3n) is 5.57. The molecule has 4 rings (SSSR count). The molecule has 1 aromatic heterocycles. The molecule has 1 aliphatic carbocycles. The number of rotatable bonds is 5. The van der Waals surface area contributed by atoms with Crippen LogP contribution in [0.4, 0.5) is 35.0 Å².